The zero-order valence-electron chi connectivity index (χ0n) is 27.6. The zero-order chi connectivity index (χ0) is 35.3. The van der Waals surface area contributed by atoms with Crippen molar-refractivity contribution in [3.05, 3.63) is 213 Å². The molecule has 0 radical (unpaired) electrons. The molecule has 8 nitrogen and oxygen atoms in total. The molecular formula is C44H30N4O4. The highest BCUT2D eigenvalue weighted by molar-refractivity contribution is 6.15. The largest absolute Gasteiger partial charge is 0.507 e. The molecule has 5 heterocycles. The van der Waals surface area contributed by atoms with Crippen LogP contribution in [-0.2, 0) is 9.59 Å². The monoisotopic (exact) mass is 678 g/mol. The lowest BCUT2D eigenvalue weighted by Crippen LogP contribution is -2.18. The van der Waals surface area contributed by atoms with Crippen LogP contribution in [0.5, 0.6) is 11.5 Å². The maximum atomic E-state index is 13.4. The minimum Gasteiger partial charge on any atom is -0.507 e. The van der Waals surface area contributed by atoms with E-state index in [0.717, 1.165) is 0 Å². The lowest BCUT2D eigenvalue weighted by atomic mass is 9.95. The van der Waals surface area contributed by atoms with E-state index < -0.39 is 0 Å². The average molecular weight is 679 g/mol. The van der Waals surface area contributed by atoms with Gasteiger partial charge < -0.3 is 30.1 Å². The number of allylic oxidation sites excluding steroid dienone is 10. The van der Waals surface area contributed by atoms with Crippen molar-refractivity contribution in [1.82, 2.24) is 19.9 Å². The third-order valence-corrected chi connectivity index (χ3v) is 9.56. The Morgan fingerprint density at radius 1 is 0.365 bits per heavy atom. The molecular weight excluding hydrogens is 649 g/mol. The van der Waals surface area contributed by atoms with E-state index >= 15 is 0 Å². The highest BCUT2D eigenvalue weighted by Gasteiger charge is 2.25. The summed E-state index contributed by atoms with van der Waals surface area (Å²) in [7, 11) is 0. The molecule has 52 heavy (non-hydrogen) atoms. The fraction of sp³-hybridized carbons (Fsp3) is 0. The SMILES string of the molecule is O=C1C=CC=C/C1=C1/c2ccc([nH]2)/C(c2ccccc2O)=c2/cc/c([nH]2)=C(\c2ccccc2O)c2ccc([nH]2)/C(=C2\C=CC=CC2=O)c2ccc1[nH]2. The van der Waals surface area contributed by atoms with E-state index in [-0.39, 0.29) is 23.1 Å². The van der Waals surface area contributed by atoms with E-state index in [9.17, 15) is 19.8 Å². The Balaban J connectivity index is 1.44. The Morgan fingerprint density at radius 3 is 1.08 bits per heavy atom. The number of nitrogens with one attached hydrogen (secondary N) is 4. The molecule has 0 fully saturated rings. The molecule has 4 aromatic heterocycles. The predicted octanol–water partition coefficient (Wildman–Crippen LogP) is 6.21. The average Bonchev–Trinajstić information content (AvgIpc) is 3.99. The number of ketones is 2. The minimum absolute atomic E-state index is 0.1000. The summed E-state index contributed by atoms with van der Waals surface area (Å²) >= 11 is 0. The predicted molar refractivity (Wildman–Crippen MR) is 200 cm³/mol. The van der Waals surface area contributed by atoms with Gasteiger partial charge in [-0.1, -0.05) is 72.9 Å². The number of rotatable bonds is 2. The standard InChI is InChI=1S/C44H30N4O4/c49-37-13-5-1-9-25(37)41-29-17-19-31(45-29)42(26-10-2-6-14-38(26)50)33-21-23-35(47-33)44(28-12-4-8-16-40(28)52)36-24-22-34(48-36)43(32-20-18-30(41)46-32)27-11-3-7-15-39(27)51/h1-24,45-50H/b41-29-,42-31-,43-27-,44-28+. The summed E-state index contributed by atoms with van der Waals surface area (Å²) in [5.74, 6) is -0.0900. The van der Waals surface area contributed by atoms with Crippen LogP contribution in [0.3, 0.4) is 0 Å². The Bertz CT molecular complexity index is 2610. The van der Waals surface area contributed by atoms with Crippen LogP contribution >= 0.6 is 0 Å². The Kier molecular flexibility index (Phi) is 7.22. The van der Waals surface area contributed by atoms with Gasteiger partial charge in [0.05, 0.1) is 0 Å². The topological polar surface area (TPSA) is 138 Å². The first-order valence-electron chi connectivity index (χ1n) is 16.8. The number of aromatic amines is 4. The second kappa shape index (κ2) is 12.2. The van der Waals surface area contributed by atoms with Crippen molar-refractivity contribution >= 4 is 33.9 Å². The van der Waals surface area contributed by atoms with Crippen molar-refractivity contribution in [3.8, 4) is 11.5 Å². The molecule has 9 rings (SSSR count). The van der Waals surface area contributed by atoms with Crippen LogP contribution in [0.4, 0.5) is 0 Å². The summed E-state index contributed by atoms with van der Waals surface area (Å²) in [4.78, 5) is 41.2. The van der Waals surface area contributed by atoms with Crippen LogP contribution in [-0.4, -0.2) is 41.7 Å². The number of carbonyl (C=O) groups is 2. The number of aromatic hydroxyl groups is 2. The van der Waals surface area contributed by atoms with Crippen LogP contribution in [0, 0.1) is 0 Å². The van der Waals surface area contributed by atoms with Gasteiger partial charge >= 0.3 is 0 Å². The van der Waals surface area contributed by atoms with Gasteiger partial charge in [0.2, 0.25) is 0 Å². The van der Waals surface area contributed by atoms with Crippen LogP contribution < -0.4 is 10.7 Å². The molecule has 6 N–H and O–H groups in total. The molecule has 0 spiro atoms. The minimum atomic E-state index is -0.145. The fourth-order valence-corrected chi connectivity index (χ4v) is 7.20. The number of carbonyl (C=O) groups excluding carboxylic acids is 2. The number of hydrogen-bond donors (Lipinski definition) is 6. The van der Waals surface area contributed by atoms with Crippen molar-refractivity contribution < 1.29 is 19.8 Å². The number of fused-ring (bicyclic) bond motifs is 8. The van der Waals surface area contributed by atoms with E-state index in [1.54, 1.807) is 60.7 Å². The van der Waals surface area contributed by atoms with Crippen molar-refractivity contribution in [2.24, 2.45) is 0 Å². The van der Waals surface area contributed by atoms with Crippen molar-refractivity contribution in [2.45, 2.75) is 0 Å². The number of H-pyrrole nitrogens is 4. The fourth-order valence-electron chi connectivity index (χ4n) is 7.20. The molecule has 250 valence electrons. The van der Waals surface area contributed by atoms with Crippen molar-refractivity contribution in [2.75, 3.05) is 0 Å². The molecule has 6 aromatic rings. The van der Waals surface area contributed by atoms with E-state index in [1.807, 2.05) is 84.9 Å². The highest BCUT2D eigenvalue weighted by Crippen LogP contribution is 2.37. The van der Waals surface area contributed by atoms with E-state index in [2.05, 4.69) is 19.9 Å². The maximum absolute atomic E-state index is 13.4. The van der Waals surface area contributed by atoms with Gasteiger partial charge in [0.15, 0.2) is 11.6 Å². The van der Waals surface area contributed by atoms with Gasteiger partial charge in [-0.25, -0.2) is 0 Å². The summed E-state index contributed by atoms with van der Waals surface area (Å²) in [5, 5.41) is 23.8. The second-order valence-electron chi connectivity index (χ2n) is 12.7. The smallest absolute Gasteiger partial charge is 0.186 e. The molecule has 8 heteroatoms. The Labute approximate surface area is 297 Å². The van der Waals surface area contributed by atoms with Gasteiger partial charge in [0.1, 0.15) is 11.5 Å². The summed E-state index contributed by atoms with van der Waals surface area (Å²) < 4.78 is 0. The van der Waals surface area contributed by atoms with Gasteiger partial charge in [-0.3, -0.25) is 9.59 Å². The Hall–Kier alpha value is -7.32. The second-order valence-corrected chi connectivity index (χ2v) is 12.7. The lowest BCUT2D eigenvalue weighted by molar-refractivity contribution is -0.111. The van der Waals surface area contributed by atoms with Gasteiger partial charge in [-0.15, -0.1) is 0 Å². The van der Waals surface area contributed by atoms with E-state index in [0.29, 0.717) is 89.4 Å². The van der Waals surface area contributed by atoms with E-state index in [4.69, 9.17) is 0 Å². The van der Waals surface area contributed by atoms with Crippen LogP contribution in [0.1, 0.15) is 45.3 Å². The molecule has 2 aromatic carbocycles. The van der Waals surface area contributed by atoms with Gasteiger partial charge in [0, 0.05) is 89.4 Å². The molecule has 0 saturated carbocycles. The molecule has 0 unspecified atom stereocenters. The summed E-state index contributed by atoms with van der Waals surface area (Å²) in [6.45, 7) is 0. The number of para-hydroxylation sites is 2. The zero-order valence-corrected chi connectivity index (χ0v) is 27.6. The normalized spacial score (nSPS) is 20.2. The summed E-state index contributed by atoms with van der Waals surface area (Å²) in [6.07, 6.45) is 13.8. The molecule has 8 bridgehead atoms. The van der Waals surface area contributed by atoms with Gasteiger partial charge in [-0.2, -0.15) is 0 Å². The lowest BCUT2D eigenvalue weighted by Gasteiger charge is -2.14. The van der Waals surface area contributed by atoms with Crippen molar-refractivity contribution in [1.29, 1.82) is 0 Å². The third-order valence-electron chi connectivity index (χ3n) is 9.56. The number of benzene rings is 2. The number of hydrogen-bond acceptors (Lipinski definition) is 4. The Morgan fingerprint density at radius 2 is 0.712 bits per heavy atom. The van der Waals surface area contributed by atoms with Crippen LogP contribution in [0.25, 0.3) is 22.3 Å². The van der Waals surface area contributed by atoms with Crippen LogP contribution in [0.2, 0.25) is 0 Å². The van der Waals surface area contributed by atoms with Crippen molar-refractivity contribution in [3.63, 3.8) is 0 Å². The summed E-state index contributed by atoms with van der Waals surface area (Å²) in [5.41, 5.74) is 8.96. The molecule has 1 aliphatic heterocycles. The number of aromatic nitrogens is 4. The van der Waals surface area contributed by atoms with Crippen LogP contribution in [0.15, 0.2) is 157 Å². The first-order chi connectivity index (χ1) is 25.4. The number of phenols is 2. The van der Waals surface area contributed by atoms with Gasteiger partial charge in [-0.05, 0) is 72.8 Å². The molecule has 2 aliphatic carbocycles. The first-order valence-corrected chi connectivity index (χ1v) is 16.8. The summed E-state index contributed by atoms with van der Waals surface area (Å²) in [6, 6.07) is 29.7. The molecule has 0 amide bonds. The maximum Gasteiger partial charge on any atom is 0.186 e. The third kappa shape index (κ3) is 5.09. The quantitative estimate of drug-likeness (QED) is 0.121. The first kappa shape index (κ1) is 30.7. The van der Waals surface area contributed by atoms with E-state index in [1.165, 1.54) is 0 Å². The van der Waals surface area contributed by atoms with Gasteiger partial charge in [0.25, 0.3) is 0 Å². The highest BCUT2D eigenvalue weighted by atomic mass is 16.3. The molecule has 3 aliphatic rings. The molecule has 0 atom stereocenters. The number of phenolic OH excluding ortho intramolecular Hbond substituents is 2. The molecule has 0 saturated heterocycles.